The zero-order valence-electron chi connectivity index (χ0n) is 21.5. The van der Waals surface area contributed by atoms with Crippen molar-refractivity contribution in [2.24, 2.45) is 0 Å². The molecule has 1 amide bonds. The van der Waals surface area contributed by atoms with Gasteiger partial charge >= 0.3 is 41.5 Å². The average Bonchev–Trinajstić information content (AvgIpc) is 2.70. The number of hydrogen-bond acceptors (Lipinski definition) is 5. The fourth-order valence-electron chi connectivity index (χ4n) is 3.32. The van der Waals surface area contributed by atoms with E-state index in [1.807, 2.05) is 0 Å². The second kappa shape index (κ2) is 22.8. The number of ether oxygens (including phenoxy) is 1. The summed E-state index contributed by atoms with van der Waals surface area (Å²) in [4.78, 5) is 36.2. The van der Waals surface area contributed by atoms with Crippen LogP contribution in [0.3, 0.4) is 0 Å². The first-order valence-corrected chi connectivity index (χ1v) is 12.1. The first kappa shape index (κ1) is 32.7. The van der Waals surface area contributed by atoms with Crippen LogP contribution in [0.4, 0.5) is 0 Å². The number of unbranched alkanes of at least 4 members (excludes halogenated alkanes) is 12. The van der Waals surface area contributed by atoms with Gasteiger partial charge in [-0.2, -0.15) is 0 Å². The monoisotopic (exact) mass is 451 g/mol. The molecule has 0 aromatic heterocycles. The molecule has 2 atom stereocenters. The van der Waals surface area contributed by atoms with Crippen LogP contribution >= 0.6 is 0 Å². The second-order valence-electron chi connectivity index (χ2n) is 8.32. The van der Waals surface area contributed by atoms with E-state index in [2.05, 4.69) is 19.2 Å². The summed E-state index contributed by atoms with van der Waals surface area (Å²) in [5.74, 6) is -1.78. The fraction of sp³-hybridized carbons (Fsp3) is 0.875. The second-order valence-corrected chi connectivity index (χ2v) is 8.32. The number of rotatable bonds is 19. The minimum absolute atomic E-state index is 0. The normalized spacial score (nSPS) is 12.5. The van der Waals surface area contributed by atoms with Gasteiger partial charge in [0.1, 0.15) is 0 Å². The molecule has 7 heteroatoms. The van der Waals surface area contributed by atoms with Crippen LogP contribution in [0, 0.1) is 0 Å². The van der Waals surface area contributed by atoms with Gasteiger partial charge in [0.25, 0.3) is 0 Å². The molecule has 0 unspecified atom stereocenters. The van der Waals surface area contributed by atoms with E-state index in [-0.39, 0.29) is 43.3 Å². The van der Waals surface area contributed by atoms with Crippen LogP contribution in [0.1, 0.15) is 125 Å². The first-order chi connectivity index (χ1) is 14.4. The number of carbonyl (C=O) groups excluding carboxylic acids is 3. The number of hydrogen-bond donors (Lipinski definition) is 2. The van der Waals surface area contributed by atoms with E-state index in [1.165, 1.54) is 51.9 Å². The number of aliphatic hydroxyl groups excluding tert-OH is 1. The van der Waals surface area contributed by atoms with Gasteiger partial charge in [0.2, 0.25) is 5.91 Å². The molecule has 2 N–H and O–H groups in total. The van der Waals surface area contributed by atoms with Crippen molar-refractivity contribution in [3.63, 3.8) is 0 Å². The van der Waals surface area contributed by atoms with Crippen molar-refractivity contribution < 1.29 is 55.2 Å². The Morgan fingerprint density at radius 2 is 1.19 bits per heavy atom. The van der Waals surface area contributed by atoms with Crippen molar-refractivity contribution in [1.82, 2.24) is 5.32 Å². The third kappa shape index (κ3) is 19.9. The Morgan fingerprint density at radius 3 is 1.65 bits per heavy atom. The largest absolute Gasteiger partial charge is 1.00 e. The predicted molar refractivity (Wildman–Crippen MR) is 121 cm³/mol. The maximum absolute atomic E-state index is 12.2. The molecule has 0 radical (unpaired) electrons. The number of esters is 2. The van der Waals surface area contributed by atoms with Gasteiger partial charge in [0, 0.05) is 12.8 Å². The van der Waals surface area contributed by atoms with E-state index in [0.717, 1.165) is 38.5 Å². The van der Waals surface area contributed by atoms with Crippen molar-refractivity contribution in [2.45, 2.75) is 136 Å². The molecule has 6 nitrogen and oxygen atoms in total. The zero-order valence-corrected chi connectivity index (χ0v) is 22.5. The molecular weight excluding hydrogens is 405 g/mol. The van der Waals surface area contributed by atoms with Crippen LogP contribution in [0.25, 0.3) is 0 Å². The Balaban J connectivity index is -0.00000420. The summed E-state index contributed by atoms with van der Waals surface area (Å²) in [6.07, 6.45) is 14.5. The molecule has 0 aromatic carbocycles. The summed E-state index contributed by atoms with van der Waals surface area (Å²) >= 11 is 0. The first-order valence-electron chi connectivity index (χ1n) is 12.1. The average molecular weight is 452 g/mol. The molecule has 0 aliphatic rings. The number of nitrogens with one attached hydrogen (secondary N) is 1. The molecule has 0 aliphatic heterocycles. The number of carbonyl (C=O) groups is 3. The topological polar surface area (TPSA) is 92.7 Å². The third-order valence-electron chi connectivity index (χ3n) is 5.26. The molecule has 0 saturated carbocycles. The van der Waals surface area contributed by atoms with Gasteiger partial charge in [-0.25, -0.2) is 4.79 Å². The van der Waals surface area contributed by atoms with Crippen LogP contribution < -0.4 is 34.9 Å². The SMILES string of the molecule is CCCCCCCCCC(=O)N[C@H](C(=O)OC(=O)CCCCCCCCC)[C@@H](C)O.[H-].[Na+]. The Morgan fingerprint density at radius 1 is 0.774 bits per heavy atom. The summed E-state index contributed by atoms with van der Waals surface area (Å²) in [6, 6.07) is -1.21. The molecule has 31 heavy (non-hydrogen) atoms. The van der Waals surface area contributed by atoms with Gasteiger partial charge in [-0.1, -0.05) is 90.9 Å². The fourth-order valence-corrected chi connectivity index (χ4v) is 3.32. The minimum atomic E-state index is -1.21. The van der Waals surface area contributed by atoms with Crippen LogP contribution in [0.5, 0.6) is 0 Å². The van der Waals surface area contributed by atoms with E-state index >= 15 is 0 Å². The summed E-state index contributed by atoms with van der Waals surface area (Å²) in [7, 11) is 0. The maximum Gasteiger partial charge on any atom is 1.00 e. The van der Waals surface area contributed by atoms with Crippen molar-refractivity contribution in [1.29, 1.82) is 0 Å². The molecule has 0 rings (SSSR count). The third-order valence-corrected chi connectivity index (χ3v) is 5.26. The van der Waals surface area contributed by atoms with Crippen molar-refractivity contribution in [3.05, 3.63) is 0 Å². The zero-order chi connectivity index (χ0) is 22.6. The summed E-state index contributed by atoms with van der Waals surface area (Å²) in [5, 5.41) is 12.3. The summed E-state index contributed by atoms with van der Waals surface area (Å²) < 4.78 is 4.85. The van der Waals surface area contributed by atoms with Gasteiger partial charge < -0.3 is 16.6 Å². The van der Waals surface area contributed by atoms with Gasteiger partial charge in [0.05, 0.1) is 6.10 Å². The Labute approximate surface area is 213 Å². The van der Waals surface area contributed by atoms with Crippen LogP contribution in [0.15, 0.2) is 0 Å². The quantitative estimate of drug-likeness (QED) is 0.136. The maximum atomic E-state index is 12.2. The summed E-state index contributed by atoms with van der Waals surface area (Å²) in [6.45, 7) is 5.75. The van der Waals surface area contributed by atoms with Gasteiger partial charge in [-0.05, 0) is 19.8 Å². The van der Waals surface area contributed by atoms with Gasteiger partial charge in [-0.3, -0.25) is 9.59 Å². The molecule has 178 valence electrons. The van der Waals surface area contributed by atoms with Crippen LogP contribution in [-0.4, -0.2) is 35.1 Å². The standard InChI is InChI=1S/C24H45NO5.Na.H/c1-4-6-8-10-12-14-16-18-21(27)25-23(20(3)26)24(29)30-22(28)19-17-15-13-11-9-7-5-2;;/h20,23,26H,4-19H2,1-3H3,(H,25,27);;/q;+1;-1/t20-,23+;;/m1../s1. The van der Waals surface area contributed by atoms with E-state index in [4.69, 9.17) is 4.74 Å². The van der Waals surface area contributed by atoms with E-state index in [0.29, 0.717) is 12.8 Å². The van der Waals surface area contributed by atoms with Crippen LogP contribution in [0.2, 0.25) is 0 Å². The summed E-state index contributed by atoms with van der Waals surface area (Å²) in [5.41, 5.74) is 0. The van der Waals surface area contributed by atoms with Crippen molar-refractivity contribution in [3.8, 4) is 0 Å². The predicted octanol–water partition coefficient (Wildman–Crippen LogP) is 2.32. The molecule has 0 aromatic rings. The number of aliphatic hydroxyl groups is 1. The smallest absolute Gasteiger partial charge is 1.00 e. The molecule has 0 spiro atoms. The molecule has 0 aliphatic carbocycles. The van der Waals surface area contributed by atoms with Crippen molar-refractivity contribution in [2.75, 3.05) is 0 Å². The molecule has 0 bridgehead atoms. The Hall–Kier alpha value is -0.430. The van der Waals surface area contributed by atoms with E-state index < -0.39 is 24.1 Å². The van der Waals surface area contributed by atoms with E-state index in [1.54, 1.807) is 0 Å². The minimum Gasteiger partial charge on any atom is -1.00 e. The van der Waals surface area contributed by atoms with Gasteiger partial charge in [-0.15, -0.1) is 0 Å². The van der Waals surface area contributed by atoms with Crippen LogP contribution in [-0.2, 0) is 19.1 Å². The molecule has 0 fully saturated rings. The molecular formula is C24H46NNaO5. The number of amides is 1. The van der Waals surface area contributed by atoms with Gasteiger partial charge in [0.15, 0.2) is 6.04 Å². The molecule has 0 heterocycles. The van der Waals surface area contributed by atoms with Crippen molar-refractivity contribution >= 4 is 17.8 Å². The Kier molecular flexibility index (Phi) is 24.0. The Bertz CT molecular complexity index is 477. The molecule has 0 saturated heterocycles. The van der Waals surface area contributed by atoms with E-state index in [9.17, 15) is 19.5 Å².